The molecule has 2 aromatic carbocycles. The van der Waals surface area contributed by atoms with E-state index in [4.69, 9.17) is 4.74 Å². The van der Waals surface area contributed by atoms with Gasteiger partial charge < -0.3 is 9.84 Å². The summed E-state index contributed by atoms with van der Waals surface area (Å²) in [5.74, 6) is 0.918. The average molecular weight is 499 g/mol. The van der Waals surface area contributed by atoms with Gasteiger partial charge in [0.05, 0.1) is 13.7 Å². The van der Waals surface area contributed by atoms with E-state index in [2.05, 4.69) is 29.2 Å². The maximum absolute atomic E-state index is 13.3. The Labute approximate surface area is 205 Å². The molecule has 34 heavy (non-hydrogen) atoms. The zero-order valence-electron chi connectivity index (χ0n) is 19.2. The van der Waals surface area contributed by atoms with Crippen LogP contribution in [0.1, 0.15) is 24.3 Å². The number of sulfonamides is 1. The molecule has 5 rings (SSSR count). The van der Waals surface area contributed by atoms with E-state index < -0.39 is 10.0 Å². The number of benzene rings is 2. The Balaban J connectivity index is 1.40. The molecule has 2 fully saturated rings. The van der Waals surface area contributed by atoms with E-state index in [1.54, 1.807) is 23.5 Å². The summed E-state index contributed by atoms with van der Waals surface area (Å²) in [6.45, 7) is 1.95. The fourth-order valence-corrected chi connectivity index (χ4v) is 7.99. The van der Waals surface area contributed by atoms with Crippen LogP contribution in [-0.2, 0) is 10.0 Å². The van der Waals surface area contributed by atoms with Crippen molar-refractivity contribution in [3.05, 3.63) is 71.6 Å². The van der Waals surface area contributed by atoms with Gasteiger partial charge in [-0.2, -0.15) is 4.31 Å². The minimum absolute atomic E-state index is 0.0150. The summed E-state index contributed by atoms with van der Waals surface area (Å²) < 4.78 is 33.9. The van der Waals surface area contributed by atoms with Crippen LogP contribution in [0.15, 0.2) is 70.3 Å². The van der Waals surface area contributed by atoms with Gasteiger partial charge >= 0.3 is 0 Å². The number of aliphatic hydroxyl groups excluding tert-OH is 1. The summed E-state index contributed by atoms with van der Waals surface area (Å²) in [5.41, 5.74) is 3.37. The molecule has 1 aromatic heterocycles. The van der Waals surface area contributed by atoms with Gasteiger partial charge in [0, 0.05) is 31.1 Å². The summed E-state index contributed by atoms with van der Waals surface area (Å²) in [6, 6.07) is 20.0. The fourth-order valence-electron chi connectivity index (χ4n) is 5.35. The van der Waals surface area contributed by atoms with Crippen molar-refractivity contribution in [3.8, 4) is 16.9 Å². The van der Waals surface area contributed by atoms with Gasteiger partial charge in [-0.15, -0.1) is 11.3 Å². The Hall–Kier alpha value is -2.23. The van der Waals surface area contributed by atoms with Crippen LogP contribution in [0.5, 0.6) is 5.75 Å². The van der Waals surface area contributed by atoms with Crippen LogP contribution < -0.4 is 4.74 Å². The zero-order chi connectivity index (χ0) is 23.7. The highest BCUT2D eigenvalue weighted by Gasteiger charge is 2.50. The van der Waals surface area contributed by atoms with Crippen LogP contribution >= 0.6 is 11.3 Å². The van der Waals surface area contributed by atoms with Crippen LogP contribution in [0, 0.1) is 0 Å². The fraction of sp³-hybridized carbons (Fsp3) is 0.385. The first-order valence-electron chi connectivity index (χ1n) is 11.7. The Morgan fingerprint density at radius 2 is 1.68 bits per heavy atom. The molecule has 3 atom stereocenters. The third kappa shape index (κ3) is 4.29. The summed E-state index contributed by atoms with van der Waals surface area (Å²) in [4.78, 5) is 2.30. The molecular formula is C26H30N2O4S2. The van der Waals surface area contributed by atoms with Gasteiger partial charge in [-0.05, 0) is 59.7 Å². The van der Waals surface area contributed by atoms with Crippen LogP contribution in [0.3, 0.4) is 0 Å². The smallest absolute Gasteiger partial charge is 0.252 e. The number of aliphatic hydroxyl groups is 1. The lowest BCUT2D eigenvalue weighted by molar-refractivity contribution is -0.0553. The highest BCUT2D eigenvalue weighted by atomic mass is 32.2. The topological polar surface area (TPSA) is 70.1 Å². The predicted octanol–water partition coefficient (Wildman–Crippen LogP) is 4.04. The van der Waals surface area contributed by atoms with Gasteiger partial charge in [0.15, 0.2) is 0 Å². The molecule has 0 spiro atoms. The number of rotatable bonds is 6. The third-order valence-electron chi connectivity index (χ3n) is 7.14. The first-order valence-corrected chi connectivity index (χ1v) is 14.0. The molecule has 0 amide bonds. The molecule has 1 N–H and O–H groups in total. The summed E-state index contributed by atoms with van der Waals surface area (Å²) in [6.07, 6.45) is 1.75. The predicted molar refractivity (Wildman–Crippen MR) is 135 cm³/mol. The SMILES string of the molecule is COc1ccc(-c2ccc([C@H]3[C@@H](CO)N4CCCCN(S(=O)(=O)c5cccs5)C[C@@H]34)cc2)cc1. The molecule has 8 heteroatoms. The minimum atomic E-state index is -3.51. The van der Waals surface area contributed by atoms with E-state index in [9.17, 15) is 13.5 Å². The average Bonchev–Trinajstić information content (AvgIpc) is 3.39. The first kappa shape index (κ1) is 23.5. The number of fused-ring (bicyclic) bond motifs is 1. The molecule has 0 unspecified atom stereocenters. The molecule has 2 aliphatic heterocycles. The van der Waals surface area contributed by atoms with Crippen molar-refractivity contribution in [2.45, 2.75) is 35.1 Å². The number of ether oxygens (including phenoxy) is 1. The molecule has 6 nitrogen and oxygen atoms in total. The molecule has 0 saturated carbocycles. The van der Waals surface area contributed by atoms with Gasteiger partial charge in [-0.3, -0.25) is 4.90 Å². The van der Waals surface area contributed by atoms with E-state index >= 15 is 0 Å². The Bertz CT molecular complexity index is 1190. The quantitative estimate of drug-likeness (QED) is 0.556. The lowest BCUT2D eigenvalue weighted by Crippen LogP contribution is -2.67. The first-order chi connectivity index (χ1) is 16.5. The lowest BCUT2D eigenvalue weighted by Gasteiger charge is -2.57. The van der Waals surface area contributed by atoms with Crippen molar-refractivity contribution in [1.29, 1.82) is 0 Å². The highest BCUT2D eigenvalue weighted by molar-refractivity contribution is 7.91. The van der Waals surface area contributed by atoms with Crippen LogP contribution in [0.25, 0.3) is 11.1 Å². The largest absolute Gasteiger partial charge is 0.497 e. The normalized spacial score (nSPS) is 24.0. The van der Waals surface area contributed by atoms with Crippen molar-refractivity contribution in [2.24, 2.45) is 0 Å². The van der Waals surface area contributed by atoms with E-state index in [1.807, 2.05) is 29.6 Å². The molecule has 0 aliphatic carbocycles. The van der Waals surface area contributed by atoms with Crippen molar-refractivity contribution in [2.75, 3.05) is 33.4 Å². The molecule has 3 aromatic rings. The second kappa shape index (κ2) is 9.79. The Kier molecular flexibility index (Phi) is 6.77. The molecule has 180 valence electrons. The van der Waals surface area contributed by atoms with Gasteiger partial charge in [0.25, 0.3) is 10.0 Å². The molecule has 2 aliphatic rings. The Morgan fingerprint density at radius 1 is 1.00 bits per heavy atom. The summed E-state index contributed by atoms with van der Waals surface area (Å²) >= 11 is 1.27. The van der Waals surface area contributed by atoms with Crippen LogP contribution in [-0.4, -0.2) is 68.2 Å². The minimum Gasteiger partial charge on any atom is -0.497 e. The number of nitrogens with zero attached hydrogens (tertiary/aromatic N) is 2. The van der Waals surface area contributed by atoms with E-state index in [0.29, 0.717) is 17.3 Å². The molecule has 0 bridgehead atoms. The molecule has 0 radical (unpaired) electrons. The highest BCUT2D eigenvalue weighted by Crippen LogP contribution is 2.43. The molecule has 3 heterocycles. The van der Waals surface area contributed by atoms with E-state index in [0.717, 1.165) is 41.8 Å². The Morgan fingerprint density at radius 3 is 2.29 bits per heavy atom. The zero-order valence-corrected chi connectivity index (χ0v) is 20.8. The second-order valence-corrected chi connectivity index (χ2v) is 12.0. The molecule has 2 saturated heterocycles. The van der Waals surface area contributed by atoms with Crippen molar-refractivity contribution in [1.82, 2.24) is 9.21 Å². The number of hydrogen-bond donors (Lipinski definition) is 1. The van der Waals surface area contributed by atoms with Crippen molar-refractivity contribution in [3.63, 3.8) is 0 Å². The van der Waals surface area contributed by atoms with Crippen LogP contribution in [0.2, 0.25) is 0 Å². The maximum Gasteiger partial charge on any atom is 0.252 e. The number of thiophene rings is 1. The van der Waals surface area contributed by atoms with Crippen LogP contribution in [0.4, 0.5) is 0 Å². The summed E-state index contributed by atoms with van der Waals surface area (Å²) in [5, 5.41) is 12.0. The van der Waals surface area contributed by atoms with Gasteiger partial charge in [0.1, 0.15) is 9.96 Å². The lowest BCUT2D eigenvalue weighted by atomic mass is 9.74. The number of hydrogen-bond acceptors (Lipinski definition) is 6. The van der Waals surface area contributed by atoms with Gasteiger partial charge in [-0.1, -0.05) is 42.5 Å². The van der Waals surface area contributed by atoms with E-state index in [-0.39, 0.29) is 24.6 Å². The van der Waals surface area contributed by atoms with Gasteiger partial charge in [-0.25, -0.2) is 8.42 Å². The number of methoxy groups -OCH3 is 1. The van der Waals surface area contributed by atoms with Crippen molar-refractivity contribution >= 4 is 21.4 Å². The van der Waals surface area contributed by atoms with Gasteiger partial charge in [0.2, 0.25) is 0 Å². The monoisotopic (exact) mass is 498 g/mol. The standard InChI is InChI=1S/C26H30N2O4S2/c1-32-22-12-10-20(11-13-22)19-6-8-21(9-7-19)26-23-17-27(34(30,31)25-5-4-16-33-25)14-2-3-15-28(23)24(26)18-29/h4-13,16,23-24,26,29H,2-3,14-15,17-18H2,1H3/t23-,24+,26+/m0/s1. The third-order valence-corrected chi connectivity index (χ3v) is 10.4. The van der Waals surface area contributed by atoms with E-state index in [1.165, 1.54) is 11.3 Å². The van der Waals surface area contributed by atoms with Crippen molar-refractivity contribution < 1.29 is 18.3 Å². The molecular weight excluding hydrogens is 468 g/mol. The second-order valence-electron chi connectivity index (χ2n) is 8.93. The summed E-state index contributed by atoms with van der Waals surface area (Å²) in [7, 11) is -1.85. The maximum atomic E-state index is 13.3.